The second-order valence-electron chi connectivity index (χ2n) is 5.05. The Bertz CT molecular complexity index is 600. The Morgan fingerprint density at radius 2 is 2.05 bits per heavy atom. The molecule has 5 heteroatoms. The summed E-state index contributed by atoms with van der Waals surface area (Å²) in [6, 6.07) is 7.41. The van der Waals surface area contributed by atoms with Gasteiger partial charge < -0.3 is 15.5 Å². The molecule has 5 nitrogen and oxygen atoms in total. The lowest BCUT2D eigenvalue weighted by atomic mass is 9.99. The Balaban J connectivity index is 2.11. The highest BCUT2D eigenvalue weighted by molar-refractivity contribution is 5.97. The molecule has 1 amide bonds. The molecule has 1 aromatic heterocycles. The predicted molar refractivity (Wildman–Crippen MR) is 78.2 cm³/mol. The number of hydrogen-bond acceptors (Lipinski definition) is 4. The third-order valence-electron chi connectivity index (χ3n) is 3.31. The molecule has 0 saturated carbocycles. The van der Waals surface area contributed by atoms with E-state index in [0.717, 1.165) is 11.3 Å². The number of aromatic nitrogens is 1. The van der Waals surface area contributed by atoms with Crippen molar-refractivity contribution in [2.24, 2.45) is 5.73 Å². The fraction of sp³-hybridized carbons (Fsp3) is 0.333. The quantitative estimate of drug-likeness (QED) is 0.897. The molecule has 1 heterocycles. The number of aryl methyl sites for hydroxylation is 1. The molecular formula is C15H19N3O2. The van der Waals surface area contributed by atoms with Crippen molar-refractivity contribution in [1.82, 2.24) is 4.98 Å². The van der Waals surface area contributed by atoms with Gasteiger partial charge in [-0.1, -0.05) is 19.1 Å². The zero-order chi connectivity index (χ0) is 14.8. The maximum atomic E-state index is 12.0. The van der Waals surface area contributed by atoms with Crippen molar-refractivity contribution in [1.29, 1.82) is 0 Å². The first-order valence-corrected chi connectivity index (χ1v) is 6.55. The van der Waals surface area contributed by atoms with E-state index in [1.807, 2.05) is 31.2 Å². The number of hydrogen-bond donors (Lipinski definition) is 2. The molecule has 0 spiro atoms. The van der Waals surface area contributed by atoms with Crippen LogP contribution < -0.4 is 11.1 Å². The van der Waals surface area contributed by atoms with Gasteiger partial charge in [0.2, 0.25) is 5.91 Å². The standard InChI is InChI=1S/C15H19N3O2/c1-4-15(3,16)14(19)18-12-7-5-11(6-8-12)13-9-20-10(2)17-13/h5-9H,4,16H2,1-3H3,(H,18,19). The zero-order valence-corrected chi connectivity index (χ0v) is 11.9. The van der Waals surface area contributed by atoms with Crippen LogP contribution in [0.2, 0.25) is 0 Å². The molecule has 2 rings (SSSR count). The average Bonchev–Trinajstić information content (AvgIpc) is 2.86. The topological polar surface area (TPSA) is 81.2 Å². The van der Waals surface area contributed by atoms with Gasteiger partial charge in [0.25, 0.3) is 0 Å². The van der Waals surface area contributed by atoms with Gasteiger partial charge in [0.05, 0.1) is 5.54 Å². The number of anilines is 1. The van der Waals surface area contributed by atoms with Crippen molar-refractivity contribution in [2.45, 2.75) is 32.7 Å². The first kappa shape index (κ1) is 14.3. The summed E-state index contributed by atoms with van der Waals surface area (Å²) in [7, 11) is 0. The summed E-state index contributed by atoms with van der Waals surface area (Å²) in [6.45, 7) is 5.40. The molecule has 0 aliphatic rings. The second-order valence-corrected chi connectivity index (χ2v) is 5.05. The fourth-order valence-corrected chi connectivity index (χ4v) is 1.65. The maximum absolute atomic E-state index is 12.0. The normalized spacial score (nSPS) is 13.8. The molecule has 0 radical (unpaired) electrons. The van der Waals surface area contributed by atoms with Crippen molar-refractivity contribution < 1.29 is 9.21 Å². The Labute approximate surface area is 118 Å². The molecule has 0 saturated heterocycles. The first-order valence-electron chi connectivity index (χ1n) is 6.55. The molecule has 0 fully saturated rings. The van der Waals surface area contributed by atoms with Gasteiger partial charge in [0.1, 0.15) is 12.0 Å². The third kappa shape index (κ3) is 3.05. The lowest BCUT2D eigenvalue weighted by Gasteiger charge is -2.21. The van der Waals surface area contributed by atoms with E-state index in [2.05, 4.69) is 10.3 Å². The van der Waals surface area contributed by atoms with E-state index in [0.29, 0.717) is 18.0 Å². The molecule has 0 aliphatic carbocycles. The van der Waals surface area contributed by atoms with Crippen molar-refractivity contribution in [3.05, 3.63) is 36.4 Å². The minimum atomic E-state index is -0.859. The Morgan fingerprint density at radius 1 is 1.40 bits per heavy atom. The lowest BCUT2D eigenvalue weighted by Crippen LogP contribution is -2.47. The number of nitrogens with zero attached hydrogens (tertiary/aromatic N) is 1. The van der Waals surface area contributed by atoms with Crippen LogP contribution in [0.5, 0.6) is 0 Å². The number of amides is 1. The number of nitrogens with one attached hydrogen (secondary N) is 1. The minimum Gasteiger partial charge on any atom is -0.449 e. The van der Waals surface area contributed by atoms with Crippen molar-refractivity contribution in [2.75, 3.05) is 5.32 Å². The summed E-state index contributed by atoms with van der Waals surface area (Å²) in [5, 5.41) is 2.81. The van der Waals surface area contributed by atoms with E-state index in [9.17, 15) is 4.79 Å². The van der Waals surface area contributed by atoms with Gasteiger partial charge >= 0.3 is 0 Å². The van der Waals surface area contributed by atoms with Crippen molar-refractivity contribution >= 4 is 11.6 Å². The van der Waals surface area contributed by atoms with E-state index >= 15 is 0 Å². The maximum Gasteiger partial charge on any atom is 0.244 e. The molecule has 106 valence electrons. The van der Waals surface area contributed by atoms with Gasteiger partial charge in [-0.25, -0.2) is 4.98 Å². The molecule has 3 N–H and O–H groups in total. The fourth-order valence-electron chi connectivity index (χ4n) is 1.65. The van der Waals surface area contributed by atoms with Crippen LogP contribution in [0.1, 0.15) is 26.2 Å². The number of oxazole rings is 1. The zero-order valence-electron chi connectivity index (χ0n) is 11.9. The smallest absolute Gasteiger partial charge is 0.244 e. The van der Waals surface area contributed by atoms with Gasteiger partial charge in [-0.15, -0.1) is 0 Å². The Morgan fingerprint density at radius 3 is 2.55 bits per heavy atom. The number of benzene rings is 1. The van der Waals surface area contributed by atoms with Gasteiger partial charge in [-0.2, -0.15) is 0 Å². The van der Waals surface area contributed by atoms with Crippen molar-refractivity contribution in [3.63, 3.8) is 0 Å². The monoisotopic (exact) mass is 273 g/mol. The molecule has 1 unspecified atom stereocenters. The van der Waals surface area contributed by atoms with E-state index in [1.165, 1.54) is 0 Å². The summed E-state index contributed by atoms with van der Waals surface area (Å²) < 4.78 is 5.18. The molecule has 1 atom stereocenters. The van der Waals surface area contributed by atoms with E-state index in [4.69, 9.17) is 10.2 Å². The summed E-state index contributed by atoms with van der Waals surface area (Å²) in [4.78, 5) is 16.2. The summed E-state index contributed by atoms with van der Waals surface area (Å²) in [5.74, 6) is 0.434. The van der Waals surface area contributed by atoms with Gasteiger partial charge in [-0.05, 0) is 25.5 Å². The second kappa shape index (κ2) is 5.46. The highest BCUT2D eigenvalue weighted by Crippen LogP contribution is 2.21. The minimum absolute atomic E-state index is 0.190. The largest absolute Gasteiger partial charge is 0.449 e. The van der Waals surface area contributed by atoms with Crippen LogP contribution in [0.4, 0.5) is 5.69 Å². The van der Waals surface area contributed by atoms with Crippen LogP contribution in [-0.2, 0) is 4.79 Å². The first-order chi connectivity index (χ1) is 9.42. The van der Waals surface area contributed by atoms with Gasteiger partial charge in [0.15, 0.2) is 5.89 Å². The summed E-state index contributed by atoms with van der Waals surface area (Å²) in [5.41, 5.74) is 7.46. The van der Waals surface area contributed by atoms with Crippen LogP contribution in [0.25, 0.3) is 11.3 Å². The Kier molecular flexibility index (Phi) is 3.90. The van der Waals surface area contributed by atoms with Crippen LogP contribution in [0.15, 0.2) is 34.9 Å². The van der Waals surface area contributed by atoms with Crippen LogP contribution in [0.3, 0.4) is 0 Å². The lowest BCUT2D eigenvalue weighted by molar-refractivity contribution is -0.120. The third-order valence-corrected chi connectivity index (χ3v) is 3.31. The van der Waals surface area contributed by atoms with Gasteiger partial charge in [0, 0.05) is 18.2 Å². The number of carbonyl (C=O) groups is 1. The number of nitrogens with two attached hydrogens (primary N) is 1. The van der Waals surface area contributed by atoms with E-state index in [-0.39, 0.29) is 5.91 Å². The summed E-state index contributed by atoms with van der Waals surface area (Å²) >= 11 is 0. The predicted octanol–water partition coefficient (Wildman–Crippen LogP) is 2.72. The highest BCUT2D eigenvalue weighted by Gasteiger charge is 2.25. The highest BCUT2D eigenvalue weighted by atomic mass is 16.3. The van der Waals surface area contributed by atoms with Crippen LogP contribution in [-0.4, -0.2) is 16.4 Å². The molecule has 1 aromatic carbocycles. The molecule has 0 aliphatic heterocycles. The number of rotatable bonds is 4. The van der Waals surface area contributed by atoms with Crippen molar-refractivity contribution in [3.8, 4) is 11.3 Å². The van der Waals surface area contributed by atoms with E-state index < -0.39 is 5.54 Å². The van der Waals surface area contributed by atoms with Gasteiger partial charge in [-0.3, -0.25) is 4.79 Å². The SMILES string of the molecule is CCC(C)(N)C(=O)Nc1ccc(-c2coc(C)n2)cc1. The molecular weight excluding hydrogens is 254 g/mol. The molecule has 20 heavy (non-hydrogen) atoms. The van der Waals surface area contributed by atoms with E-state index in [1.54, 1.807) is 20.1 Å². The average molecular weight is 273 g/mol. The molecule has 0 bridgehead atoms. The summed E-state index contributed by atoms with van der Waals surface area (Å²) in [6.07, 6.45) is 2.19. The number of carbonyl (C=O) groups excluding carboxylic acids is 1. The van der Waals surface area contributed by atoms with Crippen LogP contribution in [0, 0.1) is 6.92 Å². The Hall–Kier alpha value is -2.14. The van der Waals surface area contributed by atoms with Crippen LogP contribution >= 0.6 is 0 Å². The molecule has 2 aromatic rings.